The van der Waals surface area contributed by atoms with E-state index in [2.05, 4.69) is 81.5 Å². The van der Waals surface area contributed by atoms with Crippen LogP contribution in [-0.2, 0) is 28.6 Å². The zero-order chi connectivity index (χ0) is 46.5. The van der Waals surface area contributed by atoms with Gasteiger partial charge in [-0.3, -0.25) is 14.4 Å². The normalized spacial score (nSPS) is 12.5. The average Bonchev–Trinajstić information content (AvgIpc) is 3.29. The molecule has 64 heavy (non-hydrogen) atoms. The average molecular weight is 895 g/mol. The highest BCUT2D eigenvalue weighted by molar-refractivity contribution is 5.71. The van der Waals surface area contributed by atoms with Crippen LogP contribution in [0.4, 0.5) is 0 Å². The Bertz CT molecular complexity index is 1170. The van der Waals surface area contributed by atoms with Crippen LogP contribution in [0.2, 0.25) is 0 Å². The van der Waals surface area contributed by atoms with Gasteiger partial charge < -0.3 is 14.2 Å². The van der Waals surface area contributed by atoms with Crippen molar-refractivity contribution < 1.29 is 28.6 Å². The van der Waals surface area contributed by atoms with Gasteiger partial charge in [-0.2, -0.15) is 0 Å². The second-order valence-electron chi connectivity index (χ2n) is 18.1. The Morgan fingerprint density at radius 1 is 0.328 bits per heavy atom. The number of rotatable bonds is 49. The molecular weight excluding hydrogens is 793 g/mol. The van der Waals surface area contributed by atoms with Gasteiger partial charge in [-0.1, -0.05) is 229 Å². The molecule has 0 bridgehead atoms. The molecule has 0 aromatic rings. The predicted molar refractivity (Wildman–Crippen MR) is 275 cm³/mol. The highest BCUT2D eigenvalue weighted by atomic mass is 16.6. The molecule has 0 spiro atoms. The maximum absolute atomic E-state index is 12.8. The summed E-state index contributed by atoms with van der Waals surface area (Å²) in [5, 5.41) is 0. The Morgan fingerprint density at radius 3 is 0.984 bits per heavy atom. The van der Waals surface area contributed by atoms with E-state index in [-0.39, 0.29) is 31.1 Å². The highest BCUT2D eigenvalue weighted by Gasteiger charge is 2.19. The van der Waals surface area contributed by atoms with Crippen LogP contribution in [0.1, 0.15) is 271 Å². The van der Waals surface area contributed by atoms with Crippen molar-refractivity contribution in [3.63, 3.8) is 0 Å². The molecule has 0 heterocycles. The minimum atomic E-state index is -0.794. The van der Waals surface area contributed by atoms with Gasteiger partial charge in [0.15, 0.2) is 6.10 Å². The van der Waals surface area contributed by atoms with Gasteiger partial charge in [-0.25, -0.2) is 0 Å². The third-order valence-electron chi connectivity index (χ3n) is 11.8. The molecule has 0 saturated carbocycles. The van der Waals surface area contributed by atoms with Crippen LogP contribution in [0.25, 0.3) is 0 Å². The van der Waals surface area contributed by atoms with E-state index < -0.39 is 6.10 Å². The molecule has 0 aromatic carbocycles. The zero-order valence-electron chi connectivity index (χ0n) is 42.3. The van der Waals surface area contributed by atoms with Crippen molar-refractivity contribution >= 4 is 17.9 Å². The Kier molecular flexibility index (Phi) is 50.4. The topological polar surface area (TPSA) is 78.9 Å². The number of hydrogen-bond acceptors (Lipinski definition) is 6. The van der Waals surface area contributed by atoms with E-state index in [4.69, 9.17) is 14.2 Å². The molecule has 370 valence electrons. The zero-order valence-corrected chi connectivity index (χ0v) is 42.3. The molecule has 1 atom stereocenters. The minimum Gasteiger partial charge on any atom is -0.462 e. The van der Waals surface area contributed by atoms with Crippen LogP contribution >= 0.6 is 0 Å². The van der Waals surface area contributed by atoms with E-state index in [0.29, 0.717) is 19.3 Å². The number of carbonyl (C=O) groups excluding carboxylic acids is 3. The summed E-state index contributed by atoms with van der Waals surface area (Å²) in [6.07, 6.45) is 64.9. The van der Waals surface area contributed by atoms with Crippen molar-refractivity contribution in [3.05, 3.63) is 60.8 Å². The number of carbonyl (C=O) groups is 3. The molecule has 6 nitrogen and oxygen atoms in total. The van der Waals surface area contributed by atoms with Gasteiger partial charge in [0.05, 0.1) is 0 Å². The summed E-state index contributed by atoms with van der Waals surface area (Å²) in [6, 6.07) is 0. The van der Waals surface area contributed by atoms with Crippen LogP contribution < -0.4 is 0 Å². The summed E-state index contributed by atoms with van der Waals surface area (Å²) in [7, 11) is 0. The third-order valence-corrected chi connectivity index (χ3v) is 11.8. The Balaban J connectivity index is 4.42. The Morgan fingerprint density at radius 2 is 0.609 bits per heavy atom. The Hall–Kier alpha value is -2.89. The monoisotopic (exact) mass is 895 g/mol. The number of hydrogen-bond donors (Lipinski definition) is 0. The van der Waals surface area contributed by atoms with E-state index in [1.165, 1.54) is 128 Å². The number of ether oxygens (including phenoxy) is 3. The molecule has 0 aromatic heterocycles. The molecule has 0 aliphatic carbocycles. The fourth-order valence-corrected chi connectivity index (χ4v) is 7.66. The van der Waals surface area contributed by atoms with E-state index >= 15 is 0 Å². The van der Waals surface area contributed by atoms with E-state index in [1.54, 1.807) is 0 Å². The lowest BCUT2D eigenvalue weighted by Gasteiger charge is -2.18. The molecule has 1 unspecified atom stereocenters. The second-order valence-corrected chi connectivity index (χ2v) is 18.1. The van der Waals surface area contributed by atoms with E-state index in [1.807, 2.05) is 0 Å². The van der Waals surface area contributed by atoms with Crippen molar-refractivity contribution in [1.29, 1.82) is 0 Å². The van der Waals surface area contributed by atoms with Crippen molar-refractivity contribution in [2.75, 3.05) is 13.2 Å². The molecular formula is C58H102O6. The van der Waals surface area contributed by atoms with Crippen LogP contribution in [0.5, 0.6) is 0 Å². The quantitative estimate of drug-likeness (QED) is 0.0262. The van der Waals surface area contributed by atoms with Gasteiger partial charge in [0.1, 0.15) is 13.2 Å². The van der Waals surface area contributed by atoms with Crippen molar-refractivity contribution in [2.45, 2.75) is 277 Å². The maximum Gasteiger partial charge on any atom is 0.306 e. The summed E-state index contributed by atoms with van der Waals surface area (Å²) in [4.78, 5) is 38.0. The molecule has 0 radical (unpaired) electrons. The predicted octanol–water partition coefficient (Wildman–Crippen LogP) is 18.0. The lowest BCUT2D eigenvalue weighted by molar-refractivity contribution is -0.167. The lowest BCUT2D eigenvalue weighted by atomic mass is 10.0. The van der Waals surface area contributed by atoms with Gasteiger partial charge in [0.2, 0.25) is 0 Å². The minimum absolute atomic E-state index is 0.0896. The van der Waals surface area contributed by atoms with Gasteiger partial charge >= 0.3 is 17.9 Å². The molecule has 0 fully saturated rings. The standard InChI is InChI=1S/C58H102O6/c1-4-7-10-13-16-19-22-25-27-29-31-33-36-39-42-45-48-51-57(60)63-54-55(53-62-56(59)50-47-44-41-38-35-32-24-21-18-15-12-9-6-3)64-58(61)52-49-46-43-40-37-34-30-28-26-23-20-17-14-11-8-5-2/h8,11,17,20,26,28,32,34-35,37,55H,4-7,9-10,12-16,18-19,21-25,27,29-31,33,36,38-54H2,1-3H3/b11-8-,20-17-,28-26-,35-32-,37-34-. The molecule has 0 aliphatic rings. The fraction of sp³-hybridized carbons (Fsp3) is 0.776. The number of allylic oxidation sites excluding steroid dienone is 10. The number of esters is 3. The van der Waals surface area contributed by atoms with Crippen molar-refractivity contribution in [3.8, 4) is 0 Å². The van der Waals surface area contributed by atoms with Gasteiger partial charge in [-0.15, -0.1) is 0 Å². The first-order valence-corrected chi connectivity index (χ1v) is 27.3. The van der Waals surface area contributed by atoms with Gasteiger partial charge in [0.25, 0.3) is 0 Å². The van der Waals surface area contributed by atoms with Crippen LogP contribution in [-0.4, -0.2) is 37.2 Å². The fourth-order valence-electron chi connectivity index (χ4n) is 7.66. The second kappa shape index (κ2) is 52.7. The SMILES string of the molecule is CC/C=C\C/C=C\C/C=C\C/C=C\CCCCCC(=O)OC(COC(=O)CCCCC/C=C\CCCCCCCC)COC(=O)CCCCCCCCCCCCCCCCCCC. The molecule has 0 rings (SSSR count). The van der Waals surface area contributed by atoms with Crippen LogP contribution in [0, 0.1) is 0 Å². The molecule has 0 aliphatic heterocycles. The van der Waals surface area contributed by atoms with Crippen LogP contribution in [0.15, 0.2) is 60.8 Å². The first-order chi connectivity index (χ1) is 31.5. The highest BCUT2D eigenvalue weighted by Crippen LogP contribution is 2.16. The maximum atomic E-state index is 12.8. The smallest absolute Gasteiger partial charge is 0.306 e. The first kappa shape index (κ1) is 61.1. The number of unbranched alkanes of at least 4 members (excludes halogenated alkanes) is 28. The summed E-state index contributed by atoms with van der Waals surface area (Å²) >= 11 is 0. The summed E-state index contributed by atoms with van der Waals surface area (Å²) in [5.74, 6) is -0.929. The largest absolute Gasteiger partial charge is 0.462 e. The van der Waals surface area contributed by atoms with E-state index in [9.17, 15) is 14.4 Å². The van der Waals surface area contributed by atoms with Crippen molar-refractivity contribution in [2.24, 2.45) is 0 Å². The molecule has 6 heteroatoms. The van der Waals surface area contributed by atoms with E-state index in [0.717, 1.165) is 103 Å². The van der Waals surface area contributed by atoms with Crippen LogP contribution in [0.3, 0.4) is 0 Å². The lowest BCUT2D eigenvalue weighted by Crippen LogP contribution is -2.30. The third kappa shape index (κ3) is 50.1. The van der Waals surface area contributed by atoms with Gasteiger partial charge in [-0.05, 0) is 83.5 Å². The summed E-state index contributed by atoms with van der Waals surface area (Å²) in [6.45, 7) is 6.50. The summed E-state index contributed by atoms with van der Waals surface area (Å²) < 4.78 is 16.8. The summed E-state index contributed by atoms with van der Waals surface area (Å²) in [5.41, 5.74) is 0. The first-order valence-electron chi connectivity index (χ1n) is 27.3. The Labute approximate surface area is 396 Å². The molecule has 0 saturated heterocycles. The molecule has 0 N–H and O–H groups in total. The van der Waals surface area contributed by atoms with Gasteiger partial charge in [0, 0.05) is 19.3 Å². The van der Waals surface area contributed by atoms with Crippen molar-refractivity contribution in [1.82, 2.24) is 0 Å². The molecule has 0 amide bonds.